The van der Waals surface area contributed by atoms with Crippen molar-refractivity contribution in [3.05, 3.63) is 100 Å². The van der Waals surface area contributed by atoms with Gasteiger partial charge in [-0.2, -0.15) is 0 Å². The average Bonchev–Trinajstić information content (AvgIpc) is 3.28. The maximum atomic E-state index is 16.3. The van der Waals surface area contributed by atoms with Crippen LogP contribution in [0.4, 0.5) is 4.39 Å². The summed E-state index contributed by atoms with van der Waals surface area (Å²) in [5, 5.41) is 3.76. The summed E-state index contributed by atoms with van der Waals surface area (Å²) in [5.41, 5.74) is 3.29. The lowest BCUT2D eigenvalue weighted by atomic mass is 9.85. The minimum atomic E-state index is -1.15. The van der Waals surface area contributed by atoms with Gasteiger partial charge >= 0.3 is 5.97 Å². The van der Waals surface area contributed by atoms with E-state index in [2.05, 4.69) is 52.1 Å². The Labute approximate surface area is 260 Å². The molecule has 0 saturated heterocycles. The fourth-order valence-corrected chi connectivity index (χ4v) is 5.43. The molecule has 0 radical (unpaired) electrons. The minimum Gasteiger partial charge on any atom is -0.476 e. The highest BCUT2D eigenvalue weighted by atomic mass is 19.1. The van der Waals surface area contributed by atoms with Gasteiger partial charge in [-0.05, 0) is 79.0 Å². The van der Waals surface area contributed by atoms with Crippen LogP contribution in [0.25, 0.3) is 10.9 Å². The van der Waals surface area contributed by atoms with Crippen LogP contribution in [0.1, 0.15) is 94.0 Å². The first-order valence-corrected chi connectivity index (χ1v) is 15.2. The number of amides is 1. The molecule has 234 valence electrons. The molecule has 1 atom stereocenters. The van der Waals surface area contributed by atoms with Crippen LogP contribution >= 0.6 is 0 Å². The number of nitrogens with zero attached hydrogens (tertiary/aromatic N) is 1. The highest BCUT2D eigenvalue weighted by Crippen LogP contribution is 2.31. The summed E-state index contributed by atoms with van der Waals surface area (Å²) in [5.74, 6) is -0.643. The Morgan fingerprint density at radius 3 is 2.32 bits per heavy atom. The lowest BCUT2D eigenvalue weighted by Gasteiger charge is -2.23. The molecule has 3 aromatic carbocycles. The Balaban J connectivity index is 1.64. The standard InChI is InChI=1S/C37H45FN2O4/c1-23(2)21-40-22-27(18-25-12-10-15-29(19-25)44-37(7,8)35(42)43-9)30-16-17-31(32(38)33(30)40)34(41)39-24(3)26-13-11-14-28(20-26)36(4,5)6/h10-17,19-20,22-24H,18,21H2,1-9H3,(H,39,41)/t24-/m0/s1. The number of methoxy groups -OCH3 is 1. The van der Waals surface area contributed by atoms with Crippen LogP contribution in [-0.4, -0.2) is 29.2 Å². The zero-order valence-corrected chi connectivity index (χ0v) is 27.4. The Morgan fingerprint density at radius 2 is 1.66 bits per heavy atom. The quantitative estimate of drug-likeness (QED) is 0.187. The Morgan fingerprint density at radius 1 is 0.955 bits per heavy atom. The largest absolute Gasteiger partial charge is 0.476 e. The van der Waals surface area contributed by atoms with E-state index in [1.807, 2.05) is 54.1 Å². The summed E-state index contributed by atoms with van der Waals surface area (Å²) in [6, 6.07) is 18.8. The minimum absolute atomic E-state index is 0.0198. The molecule has 0 aliphatic heterocycles. The van der Waals surface area contributed by atoms with Gasteiger partial charge in [0.05, 0.1) is 24.2 Å². The van der Waals surface area contributed by atoms with E-state index < -0.39 is 23.3 Å². The number of carbonyl (C=O) groups excluding carboxylic acids is 2. The van der Waals surface area contributed by atoms with Crippen LogP contribution in [-0.2, 0) is 27.9 Å². The van der Waals surface area contributed by atoms with Crippen molar-refractivity contribution in [3.8, 4) is 5.75 Å². The van der Waals surface area contributed by atoms with Crippen LogP contribution in [0.3, 0.4) is 0 Å². The van der Waals surface area contributed by atoms with Crippen molar-refractivity contribution in [2.75, 3.05) is 7.11 Å². The second-order valence-electron chi connectivity index (χ2n) is 13.5. The fraction of sp³-hybridized carbons (Fsp3) is 0.405. The summed E-state index contributed by atoms with van der Waals surface area (Å²) >= 11 is 0. The summed E-state index contributed by atoms with van der Waals surface area (Å²) in [4.78, 5) is 25.5. The molecule has 0 aliphatic rings. The number of carbonyl (C=O) groups is 2. The van der Waals surface area contributed by atoms with Gasteiger partial charge in [0.2, 0.25) is 0 Å². The normalized spacial score (nSPS) is 12.8. The van der Waals surface area contributed by atoms with Crippen molar-refractivity contribution >= 4 is 22.8 Å². The predicted octanol–water partition coefficient (Wildman–Crippen LogP) is 8.15. The number of ether oxygens (including phenoxy) is 2. The topological polar surface area (TPSA) is 69.6 Å². The van der Waals surface area contributed by atoms with Gasteiger partial charge in [-0.25, -0.2) is 9.18 Å². The summed E-state index contributed by atoms with van der Waals surface area (Å²) in [7, 11) is 1.33. The molecule has 0 aliphatic carbocycles. The molecule has 0 bridgehead atoms. The molecule has 1 amide bonds. The Hall–Kier alpha value is -4.13. The molecule has 1 aromatic heterocycles. The molecule has 6 nitrogen and oxygen atoms in total. The highest BCUT2D eigenvalue weighted by molar-refractivity contribution is 5.99. The van der Waals surface area contributed by atoms with Gasteiger partial charge in [0, 0.05) is 18.1 Å². The number of rotatable bonds is 10. The van der Waals surface area contributed by atoms with Gasteiger partial charge in [-0.3, -0.25) is 4.79 Å². The lowest BCUT2D eigenvalue weighted by Crippen LogP contribution is -2.39. The zero-order valence-electron chi connectivity index (χ0n) is 27.4. The van der Waals surface area contributed by atoms with Gasteiger partial charge in [0.15, 0.2) is 11.4 Å². The number of aromatic nitrogens is 1. The van der Waals surface area contributed by atoms with E-state index in [0.717, 1.165) is 22.1 Å². The van der Waals surface area contributed by atoms with Crippen LogP contribution in [0.15, 0.2) is 66.9 Å². The first-order chi connectivity index (χ1) is 20.6. The van der Waals surface area contributed by atoms with Crippen LogP contribution in [0, 0.1) is 11.7 Å². The van der Waals surface area contributed by atoms with E-state index in [0.29, 0.717) is 24.2 Å². The monoisotopic (exact) mass is 600 g/mol. The summed E-state index contributed by atoms with van der Waals surface area (Å²) < 4.78 is 29.0. The number of hydrogen-bond acceptors (Lipinski definition) is 4. The number of hydrogen-bond donors (Lipinski definition) is 1. The maximum Gasteiger partial charge on any atom is 0.349 e. The number of benzene rings is 3. The van der Waals surface area contributed by atoms with E-state index in [4.69, 9.17) is 9.47 Å². The van der Waals surface area contributed by atoms with Gasteiger partial charge in [-0.1, -0.05) is 77.1 Å². The van der Waals surface area contributed by atoms with Crippen molar-refractivity contribution in [3.63, 3.8) is 0 Å². The van der Waals surface area contributed by atoms with E-state index in [9.17, 15) is 9.59 Å². The Bertz CT molecular complexity index is 1660. The van der Waals surface area contributed by atoms with Crippen LogP contribution in [0.2, 0.25) is 0 Å². The average molecular weight is 601 g/mol. The molecule has 1 heterocycles. The van der Waals surface area contributed by atoms with Gasteiger partial charge in [-0.15, -0.1) is 0 Å². The van der Waals surface area contributed by atoms with Crippen molar-refractivity contribution in [2.45, 2.75) is 85.4 Å². The SMILES string of the molecule is COC(=O)C(C)(C)Oc1cccc(Cc2cn(CC(C)C)c3c(F)c(C(=O)N[C@@H](C)c4cccc(C(C)(C)C)c4)ccc23)c1. The van der Waals surface area contributed by atoms with Crippen molar-refractivity contribution in [1.29, 1.82) is 0 Å². The third kappa shape index (κ3) is 7.32. The van der Waals surface area contributed by atoms with E-state index >= 15 is 4.39 Å². The van der Waals surface area contributed by atoms with Crippen LogP contribution < -0.4 is 10.1 Å². The second kappa shape index (κ2) is 12.8. The molecule has 0 spiro atoms. The smallest absolute Gasteiger partial charge is 0.349 e. The number of esters is 1. The first-order valence-electron chi connectivity index (χ1n) is 15.2. The highest BCUT2D eigenvalue weighted by Gasteiger charge is 2.31. The molecule has 4 aromatic rings. The third-order valence-corrected chi connectivity index (χ3v) is 7.81. The van der Waals surface area contributed by atoms with Crippen molar-refractivity contribution in [1.82, 2.24) is 9.88 Å². The molecule has 4 rings (SSSR count). The van der Waals surface area contributed by atoms with Crippen molar-refractivity contribution in [2.24, 2.45) is 5.92 Å². The number of halogens is 1. The van der Waals surface area contributed by atoms with Gasteiger partial charge in [0.25, 0.3) is 5.91 Å². The molecule has 7 heteroatoms. The molecule has 1 N–H and O–H groups in total. The first kappa shape index (κ1) is 32.8. The number of fused-ring (bicyclic) bond motifs is 1. The lowest BCUT2D eigenvalue weighted by molar-refractivity contribution is -0.156. The molecule has 0 unspecified atom stereocenters. The third-order valence-electron chi connectivity index (χ3n) is 7.81. The van der Waals surface area contributed by atoms with Crippen LogP contribution in [0.5, 0.6) is 5.75 Å². The fourth-order valence-electron chi connectivity index (χ4n) is 5.43. The van der Waals surface area contributed by atoms with Crippen molar-refractivity contribution < 1.29 is 23.5 Å². The number of nitrogens with one attached hydrogen (secondary N) is 1. The van der Waals surface area contributed by atoms with E-state index in [1.165, 1.54) is 12.7 Å². The second-order valence-corrected chi connectivity index (χ2v) is 13.5. The Kier molecular flexibility index (Phi) is 9.57. The summed E-state index contributed by atoms with van der Waals surface area (Å²) in [6.07, 6.45) is 2.49. The van der Waals surface area contributed by atoms with Gasteiger partial charge < -0.3 is 19.4 Å². The molecule has 44 heavy (non-hydrogen) atoms. The summed E-state index contributed by atoms with van der Waals surface area (Å²) in [6.45, 7) is 16.4. The molecule has 0 fully saturated rings. The maximum absolute atomic E-state index is 16.3. The predicted molar refractivity (Wildman–Crippen MR) is 174 cm³/mol. The van der Waals surface area contributed by atoms with Gasteiger partial charge in [0.1, 0.15) is 5.75 Å². The molecular weight excluding hydrogens is 555 g/mol. The molecule has 0 saturated carbocycles. The molecular formula is C37H45FN2O4. The van der Waals surface area contributed by atoms with E-state index in [1.54, 1.807) is 26.0 Å². The van der Waals surface area contributed by atoms with E-state index in [-0.39, 0.29) is 22.9 Å². The zero-order chi connectivity index (χ0) is 32.4.